The second-order valence-electron chi connectivity index (χ2n) is 3.70. The Morgan fingerprint density at radius 3 is 2.89 bits per heavy atom. The topological polar surface area (TPSA) is 77.8 Å². The zero-order chi connectivity index (χ0) is 13.5. The number of carbonyl (C=O) groups excluding carboxylic acids is 1. The van der Waals surface area contributed by atoms with Gasteiger partial charge in [-0.15, -0.1) is 11.3 Å². The maximum Gasteiger partial charge on any atom is 0.261 e. The van der Waals surface area contributed by atoms with Crippen LogP contribution in [0.25, 0.3) is 0 Å². The first kappa shape index (κ1) is 13.1. The summed E-state index contributed by atoms with van der Waals surface area (Å²) in [6.45, 7) is 1.09. The van der Waals surface area contributed by atoms with Gasteiger partial charge in [0, 0.05) is 19.3 Å². The fourth-order valence-electron chi connectivity index (χ4n) is 1.43. The molecule has 0 saturated carbocycles. The van der Waals surface area contributed by atoms with Gasteiger partial charge in [-0.05, 0) is 23.6 Å². The van der Waals surface area contributed by atoms with E-state index < -0.39 is 0 Å². The summed E-state index contributed by atoms with van der Waals surface area (Å²) in [4.78, 5) is 16.4. The molecule has 0 aliphatic heterocycles. The van der Waals surface area contributed by atoms with Crippen molar-refractivity contribution in [2.24, 2.45) is 0 Å². The van der Waals surface area contributed by atoms with Gasteiger partial charge < -0.3 is 10.6 Å². The first-order valence-corrected chi connectivity index (χ1v) is 6.59. The zero-order valence-corrected chi connectivity index (χ0v) is 10.9. The third-order valence-electron chi connectivity index (χ3n) is 2.35. The van der Waals surface area contributed by atoms with Gasteiger partial charge in [-0.25, -0.2) is 4.98 Å². The van der Waals surface area contributed by atoms with Gasteiger partial charge >= 0.3 is 0 Å². The number of aromatic nitrogens is 1. The average molecular weight is 272 g/mol. The molecule has 0 aliphatic rings. The number of pyridine rings is 1. The Morgan fingerprint density at radius 1 is 1.37 bits per heavy atom. The molecule has 0 unspecified atom stereocenters. The molecule has 0 atom stereocenters. The lowest BCUT2D eigenvalue weighted by atomic mass is 10.3. The number of thiophene rings is 1. The molecule has 0 fully saturated rings. The Labute approximate surface area is 114 Å². The van der Waals surface area contributed by atoms with Gasteiger partial charge in [-0.2, -0.15) is 5.26 Å². The van der Waals surface area contributed by atoms with Crippen LogP contribution < -0.4 is 10.6 Å². The molecule has 0 aromatic carbocycles. The minimum atomic E-state index is -0.0652. The number of carbonyl (C=O) groups is 1. The maximum atomic E-state index is 11.6. The summed E-state index contributed by atoms with van der Waals surface area (Å²) in [6, 6.07) is 9.07. The monoisotopic (exact) mass is 272 g/mol. The molecule has 2 aromatic rings. The van der Waals surface area contributed by atoms with Gasteiger partial charge in [-0.1, -0.05) is 6.07 Å². The SMILES string of the molecule is N#Cc1ccc(NCCNC(=O)c2cccs2)nc1. The number of nitrogens with one attached hydrogen (secondary N) is 2. The predicted octanol–water partition coefficient (Wildman–Crippen LogP) is 1.86. The number of hydrogen-bond donors (Lipinski definition) is 2. The van der Waals surface area contributed by atoms with E-state index in [1.807, 2.05) is 17.5 Å². The van der Waals surface area contributed by atoms with Gasteiger partial charge in [0.25, 0.3) is 5.91 Å². The predicted molar refractivity (Wildman–Crippen MR) is 74.1 cm³/mol. The molecule has 6 heteroatoms. The van der Waals surface area contributed by atoms with Crippen LogP contribution in [-0.2, 0) is 0 Å². The highest BCUT2D eigenvalue weighted by Crippen LogP contribution is 2.07. The van der Waals surface area contributed by atoms with Gasteiger partial charge in [0.1, 0.15) is 11.9 Å². The normalized spacial score (nSPS) is 9.63. The number of rotatable bonds is 5. The minimum Gasteiger partial charge on any atom is -0.368 e. The third-order valence-corrected chi connectivity index (χ3v) is 3.22. The molecule has 0 aliphatic carbocycles. The number of anilines is 1. The summed E-state index contributed by atoms with van der Waals surface area (Å²) < 4.78 is 0. The van der Waals surface area contributed by atoms with Crippen molar-refractivity contribution in [1.29, 1.82) is 5.26 Å². The molecule has 2 rings (SSSR count). The fraction of sp³-hybridized carbons (Fsp3) is 0.154. The van der Waals surface area contributed by atoms with Crippen molar-refractivity contribution in [2.45, 2.75) is 0 Å². The lowest BCUT2D eigenvalue weighted by Crippen LogP contribution is -2.28. The van der Waals surface area contributed by atoms with Crippen LogP contribution in [0.1, 0.15) is 15.2 Å². The fourth-order valence-corrected chi connectivity index (χ4v) is 2.07. The molecule has 5 nitrogen and oxygen atoms in total. The number of amides is 1. The Bertz CT molecular complexity index is 572. The smallest absolute Gasteiger partial charge is 0.261 e. The molecule has 2 aromatic heterocycles. The van der Waals surface area contributed by atoms with E-state index in [1.54, 1.807) is 18.2 Å². The quantitative estimate of drug-likeness (QED) is 0.814. The molecule has 0 bridgehead atoms. The maximum absolute atomic E-state index is 11.6. The summed E-state index contributed by atoms with van der Waals surface area (Å²) in [6.07, 6.45) is 1.51. The average Bonchev–Trinajstić information content (AvgIpc) is 2.98. The summed E-state index contributed by atoms with van der Waals surface area (Å²) in [5, 5.41) is 16.4. The second-order valence-corrected chi connectivity index (χ2v) is 4.65. The zero-order valence-electron chi connectivity index (χ0n) is 10.1. The van der Waals surface area contributed by atoms with Crippen molar-refractivity contribution in [2.75, 3.05) is 18.4 Å². The van der Waals surface area contributed by atoms with E-state index in [1.165, 1.54) is 17.5 Å². The summed E-state index contributed by atoms with van der Waals surface area (Å²) in [7, 11) is 0. The van der Waals surface area contributed by atoms with Crippen LogP contribution in [0.2, 0.25) is 0 Å². The van der Waals surface area contributed by atoms with Crippen LogP contribution in [0.5, 0.6) is 0 Å². The van der Waals surface area contributed by atoms with Crippen LogP contribution in [0.4, 0.5) is 5.82 Å². The Morgan fingerprint density at radius 2 is 2.26 bits per heavy atom. The molecule has 0 saturated heterocycles. The van der Waals surface area contributed by atoms with E-state index in [0.29, 0.717) is 29.3 Å². The molecule has 0 spiro atoms. The number of nitrogens with zero attached hydrogens (tertiary/aromatic N) is 2. The lowest BCUT2D eigenvalue weighted by Gasteiger charge is -2.06. The van der Waals surface area contributed by atoms with Crippen molar-refractivity contribution in [3.63, 3.8) is 0 Å². The Hall–Kier alpha value is -2.39. The Balaban J connectivity index is 1.72. The van der Waals surface area contributed by atoms with Crippen LogP contribution >= 0.6 is 11.3 Å². The van der Waals surface area contributed by atoms with Crippen LogP contribution in [0.3, 0.4) is 0 Å². The van der Waals surface area contributed by atoms with E-state index in [4.69, 9.17) is 5.26 Å². The Kier molecular flexibility index (Phi) is 4.48. The molecule has 1 amide bonds. The van der Waals surface area contributed by atoms with Crippen molar-refractivity contribution in [1.82, 2.24) is 10.3 Å². The van der Waals surface area contributed by atoms with Crippen molar-refractivity contribution >= 4 is 23.1 Å². The lowest BCUT2D eigenvalue weighted by molar-refractivity contribution is 0.0959. The second kappa shape index (κ2) is 6.52. The first-order valence-electron chi connectivity index (χ1n) is 5.71. The molecule has 19 heavy (non-hydrogen) atoms. The summed E-state index contributed by atoms with van der Waals surface area (Å²) >= 11 is 1.41. The van der Waals surface area contributed by atoms with Gasteiger partial charge in [0.15, 0.2) is 0 Å². The van der Waals surface area contributed by atoms with Crippen LogP contribution in [-0.4, -0.2) is 24.0 Å². The van der Waals surface area contributed by atoms with E-state index in [0.717, 1.165) is 0 Å². The molecular formula is C13H12N4OS. The number of nitriles is 1. The highest BCUT2D eigenvalue weighted by Gasteiger charge is 2.04. The first-order chi connectivity index (χ1) is 9.29. The largest absolute Gasteiger partial charge is 0.368 e. The summed E-state index contributed by atoms with van der Waals surface area (Å²) in [5.41, 5.74) is 0.525. The van der Waals surface area contributed by atoms with Crippen LogP contribution in [0.15, 0.2) is 35.8 Å². The van der Waals surface area contributed by atoms with Crippen molar-refractivity contribution in [3.05, 3.63) is 46.3 Å². The van der Waals surface area contributed by atoms with Gasteiger partial charge in [-0.3, -0.25) is 4.79 Å². The van der Waals surface area contributed by atoms with Crippen molar-refractivity contribution < 1.29 is 4.79 Å². The highest BCUT2D eigenvalue weighted by atomic mass is 32.1. The minimum absolute atomic E-state index is 0.0652. The van der Waals surface area contributed by atoms with Gasteiger partial charge in [0.05, 0.1) is 10.4 Å². The van der Waals surface area contributed by atoms with E-state index in [-0.39, 0.29) is 5.91 Å². The van der Waals surface area contributed by atoms with Crippen molar-refractivity contribution in [3.8, 4) is 6.07 Å². The van der Waals surface area contributed by atoms with Crippen LogP contribution in [0, 0.1) is 11.3 Å². The van der Waals surface area contributed by atoms with E-state index in [2.05, 4.69) is 15.6 Å². The highest BCUT2D eigenvalue weighted by molar-refractivity contribution is 7.12. The molecule has 0 radical (unpaired) electrons. The molecular weight excluding hydrogens is 260 g/mol. The summed E-state index contributed by atoms with van der Waals surface area (Å²) in [5.74, 6) is 0.619. The number of hydrogen-bond acceptors (Lipinski definition) is 5. The van der Waals surface area contributed by atoms with E-state index in [9.17, 15) is 4.79 Å². The molecule has 96 valence electrons. The third kappa shape index (κ3) is 3.79. The van der Waals surface area contributed by atoms with Gasteiger partial charge in [0.2, 0.25) is 0 Å². The molecule has 2 heterocycles. The van der Waals surface area contributed by atoms with E-state index >= 15 is 0 Å². The molecule has 2 N–H and O–H groups in total. The standard InChI is InChI=1S/C13H12N4OS/c14-8-10-3-4-12(17-9-10)15-5-6-16-13(18)11-2-1-7-19-11/h1-4,7,9H,5-6H2,(H,15,17)(H,16,18).